The molecule has 1 heterocycles. The molecule has 0 aliphatic carbocycles. The van der Waals surface area contributed by atoms with Gasteiger partial charge in [0.15, 0.2) is 0 Å². The molecular weight excluding hydrogens is 363 g/mol. The number of amides is 1. The van der Waals surface area contributed by atoms with Gasteiger partial charge in [0.25, 0.3) is 5.56 Å². The second-order valence-corrected chi connectivity index (χ2v) is 7.06. The van der Waals surface area contributed by atoms with Crippen molar-refractivity contribution in [1.82, 2.24) is 4.57 Å². The predicted octanol–water partition coefficient (Wildman–Crippen LogP) is 4.28. The van der Waals surface area contributed by atoms with Crippen LogP contribution in [0.1, 0.15) is 13.8 Å². The lowest BCUT2D eigenvalue weighted by atomic mass is 9.97. The summed E-state index contributed by atoms with van der Waals surface area (Å²) in [5.74, 6) is -0.548. The minimum absolute atomic E-state index is 0.0432. The molecule has 146 valence electrons. The molecular formula is C21H21FN2O4. The number of pyridine rings is 1. The zero-order valence-corrected chi connectivity index (χ0v) is 15.8. The summed E-state index contributed by atoms with van der Waals surface area (Å²) >= 11 is 0. The number of halogens is 1. The van der Waals surface area contributed by atoms with Gasteiger partial charge >= 0.3 is 6.09 Å². The minimum Gasteiger partial charge on any atom is -0.508 e. The van der Waals surface area contributed by atoms with Crippen molar-refractivity contribution in [2.75, 3.05) is 11.9 Å². The lowest BCUT2D eigenvalue weighted by Gasteiger charge is -2.26. The Morgan fingerprint density at radius 3 is 2.46 bits per heavy atom. The Kier molecular flexibility index (Phi) is 5.09. The molecule has 1 amide bonds. The van der Waals surface area contributed by atoms with Crippen LogP contribution in [0.4, 0.5) is 15.0 Å². The average Bonchev–Trinajstić information content (AvgIpc) is 2.63. The number of phenols is 1. The van der Waals surface area contributed by atoms with E-state index in [1.807, 2.05) is 13.8 Å². The number of fused-ring (bicyclic) bond motifs is 1. The molecule has 0 atom stereocenters. The van der Waals surface area contributed by atoms with Crippen molar-refractivity contribution in [2.45, 2.75) is 20.4 Å². The van der Waals surface area contributed by atoms with E-state index in [0.717, 1.165) is 4.90 Å². The van der Waals surface area contributed by atoms with Crippen molar-refractivity contribution in [2.24, 2.45) is 5.92 Å². The molecule has 0 aliphatic rings. The van der Waals surface area contributed by atoms with Gasteiger partial charge in [-0.05, 0) is 30.2 Å². The van der Waals surface area contributed by atoms with Crippen LogP contribution in [-0.2, 0) is 6.54 Å². The molecule has 3 rings (SSSR count). The quantitative estimate of drug-likeness (QED) is 0.703. The molecule has 6 nitrogen and oxygen atoms in total. The van der Waals surface area contributed by atoms with E-state index in [1.54, 1.807) is 6.07 Å². The van der Waals surface area contributed by atoms with Crippen LogP contribution in [-0.4, -0.2) is 27.9 Å². The molecule has 0 radical (unpaired) electrons. The topological polar surface area (TPSA) is 82.8 Å². The number of nitrogens with zero attached hydrogens (tertiary/aromatic N) is 2. The van der Waals surface area contributed by atoms with Crippen LogP contribution >= 0.6 is 0 Å². The molecule has 0 spiro atoms. The summed E-state index contributed by atoms with van der Waals surface area (Å²) in [5.41, 5.74) is -0.000236. The van der Waals surface area contributed by atoms with E-state index < -0.39 is 17.5 Å². The predicted molar refractivity (Wildman–Crippen MR) is 107 cm³/mol. The molecule has 0 fully saturated rings. The van der Waals surface area contributed by atoms with Gasteiger partial charge < -0.3 is 10.2 Å². The number of aromatic nitrogens is 1. The summed E-state index contributed by atoms with van der Waals surface area (Å²) in [7, 11) is 1.31. The highest BCUT2D eigenvalue weighted by Gasteiger charge is 2.26. The van der Waals surface area contributed by atoms with Gasteiger partial charge in [-0.3, -0.25) is 14.3 Å². The number of rotatable bonds is 4. The van der Waals surface area contributed by atoms with E-state index in [4.69, 9.17) is 0 Å². The SMILES string of the molecule is CC(C)Cn1c(N(C)C(=O)O)c(-c2ccccc2F)c2cc(O)ccc2c1=O. The second-order valence-electron chi connectivity index (χ2n) is 7.06. The Morgan fingerprint density at radius 1 is 1.18 bits per heavy atom. The maximum Gasteiger partial charge on any atom is 0.412 e. The smallest absolute Gasteiger partial charge is 0.412 e. The third kappa shape index (κ3) is 3.31. The Morgan fingerprint density at radius 2 is 1.86 bits per heavy atom. The number of aromatic hydroxyl groups is 1. The van der Waals surface area contributed by atoms with Crippen molar-refractivity contribution >= 4 is 22.7 Å². The molecule has 1 aromatic heterocycles. The van der Waals surface area contributed by atoms with Gasteiger partial charge in [-0.1, -0.05) is 32.0 Å². The standard InChI is InChI=1S/C21H21FN2O4/c1-12(2)11-24-19(23(3)21(27)28)18(15-6-4-5-7-17(15)22)16-10-13(25)8-9-14(16)20(24)26/h4-10,12,25H,11H2,1-3H3,(H,27,28). The highest BCUT2D eigenvalue weighted by Crippen LogP contribution is 2.38. The number of benzene rings is 2. The zero-order chi connectivity index (χ0) is 20.6. The zero-order valence-electron chi connectivity index (χ0n) is 15.8. The van der Waals surface area contributed by atoms with Crippen LogP contribution in [0.25, 0.3) is 21.9 Å². The summed E-state index contributed by atoms with van der Waals surface area (Å²) in [4.78, 5) is 25.9. The van der Waals surface area contributed by atoms with Gasteiger partial charge in [0.1, 0.15) is 17.4 Å². The first-order valence-corrected chi connectivity index (χ1v) is 8.83. The maximum atomic E-state index is 14.7. The number of carboxylic acid groups (broad SMARTS) is 1. The first-order valence-electron chi connectivity index (χ1n) is 8.83. The number of anilines is 1. The molecule has 0 aliphatic heterocycles. The molecule has 0 saturated heterocycles. The largest absolute Gasteiger partial charge is 0.508 e. The van der Waals surface area contributed by atoms with Crippen molar-refractivity contribution in [3.05, 3.63) is 58.6 Å². The Labute approximate surface area is 161 Å². The van der Waals surface area contributed by atoms with Gasteiger partial charge in [0.2, 0.25) is 0 Å². The highest BCUT2D eigenvalue weighted by molar-refractivity contribution is 6.05. The Balaban J connectivity index is 2.59. The Bertz CT molecular complexity index is 1120. The van der Waals surface area contributed by atoms with Gasteiger partial charge in [0, 0.05) is 35.5 Å². The summed E-state index contributed by atoms with van der Waals surface area (Å²) in [5, 5.41) is 20.2. The third-order valence-corrected chi connectivity index (χ3v) is 4.52. The fourth-order valence-electron chi connectivity index (χ4n) is 3.33. The first kappa shape index (κ1) is 19.4. The monoisotopic (exact) mass is 384 g/mol. The molecule has 7 heteroatoms. The fraction of sp³-hybridized carbons (Fsp3) is 0.238. The third-order valence-electron chi connectivity index (χ3n) is 4.52. The molecule has 28 heavy (non-hydrogen) atoms. The Hall–Kier alpha value is -3.35. The van der Waals surface area contributed by atoms with E-state index >= 15 is 0 Å². The molecule has 0 saturated carbocycles. The minimum atomic E-state index is -1.28. The fourth-order valence-corrected chi connectivity index (χ4v) is 3.33. The van der Waals surface area contributed by atoms with Gasteiger partial charge in [-0.25, -0.2) is 9.18 Å². The number of carbonyl (C=O) groups is 1. The van der Waals surface area contributed by atoms with Crippen LogP contribution in [0.3, 0.4) is 0 Å². The summed E-state index contributed by atoms with van der Waals surface area (Å²) < 4.78 is 16.1. The molecule has 3 aromatic rings. The lowest BCUT2D eigenvalue weighted by molar-refractivity contribution is 0.203. The second kappa shape index (κ2) is 7.34. The number of hydrogen-bond acceptors (Lipinski definition) is 3. The molecule has 0 unspecified atom stereocenters. The summed E-state index contributed by atoms with van der Waals surface area (Å²) in [6, 6.07) is 10.2. The van der Waals surface area contributed by atoms with E-state index in [0.29, 0.717) is 5.39 Å². The summed E-state index contributed by atoms with van der Waals surface area (Å²) in [6.07, 6.45) is -1.28. The van der Waals surface area contributed by atoms with Gasteiger partial charge in [0.05, 0.1) is 0 Å². The van der Waals surface area contributed by atoms with Gasteiger partial charge in [-0.15, -0.1) is 0 Å². The van der Waals surface area contributed by atoms with Crippen LogP contribution in [0.2, 0.25) is 0 Å². The van der Waals surface area contributed by atoms with Crippen LogP contribution in [0.15, 0.2) is 47.3 Å². The number of hydrogen-bond donors (Lipinski definition) is 2. The van der Waals surface area contributed by atoms with Crippen LogP contribution in [0.5, 0.6) is 5.75 Å². The van der Waals surface area contributed by atoms with E-state index in [-0.39, 0.29) is 40.5 Å². The van der Waals surface area contributed by atoms with E-state index in [2.05, 4.69) is 0 Å². The lowest BCUT2D eigenvalue weighted by Crippen LogP contribution is -2.34. The normalized spacial score (nSPS) is 11.2. The highest BCUT2D eigenvalue weighted by atomic mass is 19.1. The van der Waals surface area contributed by atoms with E-state index in [9.17, 15) is 24.2 Å². The molecule has 2 aromatic carbocycles. The number of phenolic OH excluding ortho intramolecular Hbond substituents is 1. The van der Waals surface area contributed by atoms with Crippen molar-refractivity contribution in [3.63, 3.8) is 0 Å². The van der Waals surface area contributed by atoms with Crippen molar-refractivity contribution < 1.29 is 19.4 Å². The van der Waals surface area contributed by atoms with Crippen LogP contribution in [0, 0.1) is 11.7 Å². The van der Waals surface area contributed by atoms with E-state index in [1.165, 1.54) is 48.0 Å². The van der Waals surface area contributed by atoms with Gasteiger partial charge in [-0.2, -0.15) is 0 Å². The van der Waals surface area contributed by atoms with Crippen LogP contribution < -0.4 is 10.5 Å². The summed E-state index contributed by atoms with van der Waals surface area (Å²) in [6.45, 7) is 4.06. The maximum absolute atomic E-state index is 14.7. The first-order chi connectivity index (χ1) is 13.2. The van der Waals surface area contributed by atoms with Crippen molar-refractivity contribution in [1.29, 1.82) is 0 Å². The van der Waals surface area contributed by atoms with Crippen molar-refractivity contribution in [3.8, 4) is 16.9 Å². The average molecular weight is 384 g/mol. The molecule has 0 bridgehead atoms. The molecule has 2 N–H and O–H groups in total.